The molecule has 0 fully saturated rings. The van der Waals surface area contributed by atoms with Crippen LogP contribution in [0.1, 0.15) is 34.6 Å². The van der Waals surface area contributed by atoms with Gasteiger partial charge in [-0.05, 0) is 11.3 Å². The predicted molar refractivity (Wildman–Crippen MR) is 48.3 cm³/mol. The Balaban J connectivity index is 4.13. The Kier molecular flexibility index (Phi) is 3.52. The van der Waals surface area contributed by atoms with Gasteiger partial charge in [0.2, 0.25) is 0 Å². The molecule has 0 spiro atoms. The van der Waals surface area contributed by atoms with Gasteiger partial charge in [0.05, 0.1) is 6.10 Å². The van der Waals surface area contributed by atoms with Gasteiger partial charge in [-0.3, -0.25) is 0 Å². The second-order valence-corrected chi connectivity index (χ2v) is 4.63. The van der Waals surface area contributed by atoms with Gasteiger partial charge in [-0.1, -0.05) is 34.6 Å². The van der Waals surface area contributed by atoms with Gasteiger partial charge in [0, 0.05) is 6.04 Å². The lowest BCUT2D eigenvalue weighted by Crippen LogP contribution is -2.46. The summed E-state index contributed by atoms with van der Waals surface area (Å²) in [5.41, 5.74) is 5.69. The predicted octanol–water partition coefficient (Wildman–Crippen LogP) is 1.38. The number of nitrogens with two attached hydrogens (primary N) is 1. The molecule has 0 amide bonds. The third kappa shape index (κ3) is 3.21. The largest absolute Gasteiger partial charge is 0.391 e. The number of aliphatic hydroxyl groups excluding tert-OH is 1. The number of hydrogen-bond donors (Lipinski definition) is 2. The first-order valence-electron chi connectivity index (χ1n) is 4.20. The van der Waals surface area contributed by atoms with Gasteiger partial charge in [0.25, 0.3) is 0 Å². The number of aliphatic hydroxyl groups is 1. The molecule has 0 aliphatic heterocycles. The van der Waals surface area contributed by atoms with E-state index in [9.17, 15) is 5.11 Å². The standard InChI is InChI=1S/C9H21NO/c1-6(2)7(10)8(11)9(3,4)5/h6-8,11H,10H2,1-5H3/t7-,8-/m1/s1. The van der Waals surface area contributed by atoms with E-state index >= 15 is 0 Å². The van der Waals surface area contributed by atoms with Crippen LogP contribution in [0.4, 0.5) is 0 Å². The lowest BCUT2D eigenvalue weighted by molar-refractivity contribution is 0.0276. The molecule has 0 aromatic carbocycles. The van der Waals surface area contributed by atoms with Gasteiger partial charge in [0.15, 0.2) is 0 Å². The minimum Gasteiger partial charge on any atom is -0.391 e. The summed E-state index contributed by atoms with van der Waals surface area (Å²) < 4.78 is 0. The second-order valence-electron chi connectivity index (χ2n) is 4.63. The number of rotatable bonds is 2. The summed E-state index contributed by atoms with van der Waals surface area (Å²) in [5, 5.41) is 9.70. The maximum Gasteiger partial charge on any atom is 0.0741 e. The summed E-state index contributed by atoms with van der Waals surface area (Å²) in [5.74, 6) is 0.337. The third-order valence-electron chi connectivity index (χ3n) is 2.02. The molecule has 0 rings (SSSR count). The van der Waals surface area contributed by atoms with Crippen LogP contribution in [0.15, 0.2) is 0 Å². The molecule has 0 bridgehead atoms. The van der Waals surface area contributed by atoms with Crippen LogP contribution in [0.3, 0.4) is 0 Å². The van der Waals surface area contributed by atoms with E-state index in [4.69, 9.17) is 5.73 Å². The second kappa shape index (κ2) is 3.55. The molecule has 0 aliphatic rings. The zero-order valence-corrected chi connectivity index (χ0v) is 8.26. The van der Waals surface area contributed by atoms with Crippen LogP contribution in [-0.2, 0) is 0 Å². The quantitative estimate of drug-likeness (QED) is 0.639. The average molecular weight is 159 g/mol. The topological polar surface area (TPSA) is 46.2 Å². The maximum atomic E-state index is 9.70. The fourth-order valence-corrected chi connectivity index (χ4v) is 0.942. The SMILES string of the molecule is CC(C)[C@@H](N)[C@@H](O)C(C)(C)C. The van der Waals surface area contributed by atoms with E-state index in [0.29, 0.717) is 5.92 Å². The Morgan fingerprint density at radius 3 is 1.64 bits per heavy atom. The van der Waals surface area contributed by atoms with E-state index in [-0.39, 0.29) is 11.5 Å². The Morgan fingerprint density at radius 1 is 1.18 bits per heavy atom. The highest BCUT2D eigenvalue weighted by Gasteiger charge is 2.29. The summed E-state index contributed by atoms with van der Waals surface area (Å²) >= 11 is 0. The van der Waals surface area contributed by atoms with Crippen molar-refractivity contribution in [3.8, 4) is 0 Å². The van der Waals surface area contributed by atoms with Crippen molar-refractivity contribution in [3.63, 3.8) is 0 Å². The fourth-order valence-electron chi connectivity index (χ4n) is 0.942. The molecule has 0 heterocycles. The lowest BCUT2D eigenvalue weighted by Gasteiger charge is -2.32. The summed E-state index contributed by atoms with van der Waals surface area (Å²) in [6.07, 6.45) is -0.414. The highest BCUT2D eigenvalue weighted by Crippen LogP contribution is 2.23. The van der Waals surface area contributed by atoms with Gasteiger partial charge < -0.3 is 10.8 Å². The van der Waals surface area contributed by atoms with Crippen molar-refractivity contribution in [2.24, 2.45) is 17.1 Å². The van der Waals surface area contributed by atoms with E-state index < -0.39 is 6.10 Å². The van der Waals surface area contributed by atoms with Crippen molar-refractivity contribution in [3.05, 3.63) is 0 Å². The van der Waals surface area contributed by atoms with Crippen molar-refractivity contribution in [2.75, 3.05) is 0 Å². The van der Waals surface area contributed by atoms with E-state index in [2.05, 4.69) is 0 Å². The summed E-state index contributed by atoms with van der Waals surface area (Å²) in [4.78, 5) is 0. The molecule has 0 aromatic rings. The molecule has 2 atom stereocenters. The Morgan fingerprint density at radius 2 is 1.55 bits per heavy atom. The minimum atomic E-state index is -0.414. The van der Waals surface area contributed by atoms with Crippen LogP contribution < -0.4 is 5.73 Å². The first-order chi connectivity index (χ1) is 4.76. The van der Waals surface area contributed by atoms with Crippen LogP contribution in [0.5, 0.6) is 0 Å². The first kappa shape index (κ1) is 10.9. The van der Waals surface area contributed by atoms with Gasteiger partial charge in [-0.2, -0.15) is 0 Å². The normalized spacial score (nSPS) is 18.5. The zero-order chi connectivity index (χ0) is 9.23. The fraction of sp³-hybridized carbons (Fsp3) is 1.00. The molecular weight excluding hydrogens is 138 g/mol. The molecule has 0 saturated heterocycles. The molecule has 2 heteroatoms. The van der Waals surface area contributed by atoms with Gasteiger partial charge in [0.1, 0.15) is 0 Å². The first-order valence-corrected chi connectivity index (χ1v) is 4.20. The summed E-state index contributed by atoms with van der Waals surface area (Å²) in [7, 11) is 0. The Labute approximate surface area is 69.8 Å². The van der Waals surface area contributed by atoms with Crippen LogP contribution in [0.25, 0.3) is 0 Å². The average Bonchev–Trinajstić information content (AvgIpc) is 1.82. The number of hydrogen-bond acceptors (Lipinski definition) is 2. The zero-order valence-electron chi connectivity index (χ0n) is 8.26. The monoisotopic (exact) mass is 159 g/mol. The summed E-state index contributed by atoms with van der Waals surface area (Å²) in [6, 6.07) is -0.116. The maximum absolute atomic E-state index is 9.70. The molecule has 3 N–H and O–H groups in total. The molecular formula is C9H21NO. The van der Waals surface area contributed by atoms with E-state index in [1.165, 1.54) is 0 Å². The van der Waals surface area contributed by atoms with Crippen LogP contribution in [0, 0.1) is 11.3 Å². The van der Waals surface area contributed by atoms with Crippen molar-refractivity contribution < 1.29 is 5.11 Å². The van der Waals surface area contributed by atoms with Gasteiger partial charge in [-0.25, -0.2) is 0 Å². The molecule has 0 radical (unpaired) electrons. The Hall–Kier alpha value is -0.0800. The van der Waals surface area contributed by atoms with Gasteiger partial charge in [-0.15, -0.1) is 0 Å². The molecule has 0 unspecified atom stereocenters. The molecule has 11 heavy (non-hydrogen) atoms. The van der Waals surface area contributed by atoms with Crippen molar-refractivity contribution in [1.29, 1.82) is 0 Å². The van der Waals surface area contributed by atoms with Crippen molar-refractivity contribution in [1.82, 2.24) is 0 Å². The smallest absolute Gasteiger partial charge is 0.0741 e. The lowest BCUT2D eigenvalue weighted by atomic mass is 9.81. The molecule has 2 nitrogen and oxygen atoms in total. The van der Waals surface area contributed by atoms with E-state index in [1.807, 2.05) is 34.6 Å². The van der Waals surface area contributed by atoms with Crippen molar-refractivity contribution in [2.45, 2.75) is 46.8 Å². The minimum absolute atomic E-state index is 0.107. The van der Waals surface area contributed by atoms with Gasteiger partial charge >= 0.3 is 0 Å². The highest BCUT2D eigenvalue weighted by atomic mass is 16.3. The van der Waals surface area contributed by atoms with Crippen LogP contribution in [-0.4, -0.2) is 17.3 Å². The molecule has 0 saturated carbocycles. The molecule has 0 aliphatic carbocycles. The van der Waals surface area contributed by atoms with E-state index in [0.717, 1.165) is 0 Å². The van der Waals surface area contributed by atoms with E-state index in [1.54, 1.807) is 0 Å². The summed E-state index contributed by atoms with van der Waals surface area (Å²) in [6.45, 7) is 10.1. The molecule has 0 aromatic heterocycles. The van der Waals surface area contributed by atoms with Crippen molar-refractivity contribution >= 4 is 0 Å². The van der Waals surface area contributed by atoms with Crippen LogP contribution in [0.2, 0.25) is 0 Å². The van der Waals surface area contributed by atoms with Crippen LogP contribution >= 0.6 is 0 Å². The Bertz CT molecular complexity index is 115. The molecule has 68 valence electrons. The highest BCUT2D eigenvalue weighted by molar-refractivity contribution is 4.83. The third-order valence-corrected chi connectivity index (χ3v) is 2.02.